The van der Waals surface area contributed by atoms with Gasteiger partial charge in [0.2, 0.25) is 0 Å². The first kappa shape index (κ1) is 15.3. The molecule has 0 saturated carbocycles. The maximum Gasteiger partial charge on any atom is 0.288 e. The van der Waals surface area contributed by atoms with Crippen LogP contribution in [0.25, 0.3) is 0 Å². The Hall–Kier alpha value is -1.14. The van der Waals surface area contributed by atoms with E-state index in [2.05, 4.69) is 5.32 Å². The molecule has 1 aromatic carbocycles. The zero-order valence-electron chi connectivity index (χ0n) is 10.9. The topological polar surface area (TPSA) is 25.2 Å². The molecule has 1 heterocycles. The second-order valence-corrected chi connectivity index (χ2v) is 5.99. The highest BCUT2D eigenvalue weighted by atomic mass is 32.2. The molecule has 0 bridgehead atoms. The molecule has 0 radical (unpaired) electrons. The van der Waals surface area contributed by atoms with Gasteiger partial charge in [0.15, 0.2) is 0 Å². The number of furan rings is 1. The molecule has 20 heavy (non-hydrogen) atoms. The second-order valence-electron chi connectivity index (χ2n) is 4.06. The summed E-state index contributed by atoms with van der Waals surface area (Å²) in [6, 6.07) is 10.9. The van der Waals surface area contributed by atoms with Gasteiger partial charge in [-0.1, -0.05) is 11.8 Å². The van der Waals surface area contributed by atoms with E-state index in [0.29, 0.717) is 23.2 Å². The van der Waals surface area contributed by atoms with E-state index in [1.807, 2.05) is 18.4 Å². The Kier molecular flexibility index (Phi) is 5.79. The maximum atomic E-state index is 12.2. The first-order chi connectivity index (χ1) is 9.67. The molecule has 0 atom stereocenters. The summed E-state index contributed by atoms with van der Waals surface area (Å²) in [4.78, 5) is 0.561. The molecule has 2 aromatic rings. The molecule has 0 unspecified atom stereocenters. The largest absolute Gasteiger partial charge is 0.463 e. The van der Waals surface area contributed by atoms with Crippen molar-refractivity contribution in [2.45, 2.75) is 23.0 Å². The number of hydrogen-bond acceptors (Lipinski definition) is 4. The monoisotopic (exact) mass is 315 g/mol. The van der Waals surface area contributed by atoms with Crippen LogP contribution in [0.15, 0.2) is 45.7 Å². The number of nitrogens with one attached hydrogen (secondary N) is 1. The number of alkyl halides is 2. The molecule has 0 aliphatic rings. The number of hydrogen-bond donors (Lipinski definition) is 1. The molecular weight excluding hydrogens is 300 g/mol. The molecular formula is C14H15F2NOS2. The Morgan fingerprint density at radius 1 is 1.10 bits per heavy atom. The third kappa shape index (κ3) is 4.76. The minimum absolute atomic E-state index is 0.548. The summed E-state index contributed by atoms with van der Waals surface area (Å²) in [6.07, 6.45) is 2.03. The van der Waals surface area contributed by atoms with Crippen LogP contribution in [-0.4, -0.2) is 12.0 Å². The van der Waals surface area contributed by atoms with Gasteiger partial charge >= 0.3 is 0 Å². The van der Waals surface area contributed by atoms with E-state index in [1.165, 1.54) is 0 Å². The number of anilines is 1. The molecule has 1 N–H and O–H groups in total. The van der Waals surface area contributed by atoms with Crippen LogP contribution in [0.1, 0.15) is 11.5 Å². The van der Waals surface area contributed by atoms with Crippen LogP contribution in [0.2, 0.25) is 0 Å². The summed E-state index contributed by atoms with van der Waals surface area (Å²) in [7, 11) is 0. The average Bonchev–Trinajstić information content (AvgIpc) is 2.86. The highest BCUT2D eigenvalue weighted by molar-refractivity contribution is 7.99. The van der Waals surface area contributed by atoms with Gasteiger partial charge in [-0.15, -0.1) is 0 Å². The smallest absolute Gasteiger partial charge is 0.288 e. The summed E-state index contributed by atoms with van der Waals surface area (Å²) >= 11 is 2.26. The van der Waals surface area contributed by atoms with Gasteiger partial charge in [0, 0.05) is 10.6 Å². The molecule has 0 aliphatic carbocycles. The molecule has 108 valence electrons. The molecule has 0 amide bonds. The van der Waals surface area contributed by atoms with E-state index >= 15 is 0 Å². The van der Waals surface area contributed by atoms with Crippen molar-refractivity contribution in [1.82, 2.24) is 0 Å². The molecule has 0 aliphatic heterocycles. The Morgan fingerprint density at radius 2 is 1.80 bits per heavy atom. The Bertz CT molecular complexity index is 528. The number of rotatable bonds is 7. The molecule has 0 spiro atoms. The predicted molar refractivity (Wildman–Crippen MR) is 81.6 cm³/mol. The van der Waals surface area contributed by atoms with Gasteiger partial charge in [-0.3, -0.25) is 0 Å². The van der Waals surface area contributed by atoms with Gasteiger partial charge in [-0.05, 0) is 42.7 Å². The van der Waals surface area contributed by atoms with Crippen molar-refractivity contribution >= 4 is 29.2 Å². The van der Waals surface area contributed by atoms with Gasteiger partial charge in [0.25, 0.3) is 5.76 Å². The van der Waals surface area contributed by atoms with Crippen LogP contribution >= 0.6 is 23.5 Å². The lowest BCUT2D eigenvalue weighted by Crippen LogP contribution is -1.97. The average molecular weight is 315 g/mol. The van der Waals surface area contributed by atoms with E-state index in [9.17, 15) is 8.78 Å². The first-order valence-corrected chi connectivity index (χ1v) is 8.30. The quantitative estimate of drug-likeness (QED) is 0.721. The summed E-state index contributed by atoms with van der Waals surface area (Å²) in [6.45, 7) is 0.579. The van der Waals surface area contributed by atoms with Crippen LogP contribution in [0.5, 0.6) is 0 Å². The zero-order valence-corrected chi connectivity index (χ0v) is 12.6. The van der Waals surface area contributed by atoms with Crippen molar-refractivity contribution in [2.24, 2.45) is 0 Å². The predicted octanol–water partition coefficient (Wildman–Crippen LogP) is 5.07. The third-order valence-electron chi connectivity index (χ3n) is 2.55. The highest BCUT2D eigenvalue weighted by Crippen LogP contribution is 2.26. The maximum absolute atomic E-state index is 12.2. The Morgan fingerprint density at radius 3 is 2.45 bits per heavy atom. The van der Waals surface area contributed by atoms with E-state index in [4.69, 9.17) is 4.42 Å². The minimum atomic E-state index is -2.38. The fourth-order valence-corrected chi connectivity index (χ4v) is 2.62. The minimum Gasteiger partial charge on any atom is -0.463 e. The van der Waals surface area contributed by atoms with E-state index in [1.54, 1.807) is 36.0 Å². The highest BCUT2D eigenvalue weighted by Gasteiger charge is 2.05. The van der Waals surface area contributed by atoms with Crippen molar-refractivity contribution in [3.8, 4) is 0 Å². The van der Waals surface area contributed by atoms with Crippen molar-refractivity contribution in [3.05, 3.63) is 47.9 Å². The summed E-state index contributed by atoms with van der Waals surface area (Å²) in [5.74, 6) is 0.296. The fourth-order valence-electron chi connectivity index (χ4n) is 1.68. The summed E-state index contributed by atoms with van der Waals surface area (Å²) in [5.41, 5.74) is 0.881. The summed E-state index contributed by atoms with van der Waals surface area (Å²) < 4.78 is 30.0. The fraction of sp³-hybridized carbons (Fsp3) is 0.286. The Balaban J connectivity index is 1.86. The number of benzene rings is 1. The molecule has 6 heteroatoms. The van der Waals surface area contributed by atoms with Crippen molar-refractivity contribution < 1.29 is 13.2 Å². The van der Waals surface area contributed by atoms with Crippen LogP contribution in [0.4, 0.5) is 14.5 Å². The molecule has 1 aromatic heterocycles. The van der Waals surface area contributed by atoms with Gasteiger partial charge in [0.1, 0.15) is 11.5 Å². The van der Waals surface area contributed by atoms with Crippen molar-refractivity contribution in [1.29, 1.82) is 0 Å². The van der Waals surface area contributed by atoms with Crippen LogP contribution < -0.4 is 5.32 Å². The first-order valence-electron chi connectivity index (χ1n) is 6.02. The van der Waals surface area contributed by atoms with Crippen LogP contribution in [-0.2, 0) is 12.3 Å². The van der Waals surface area contributed by atoms with E-state index in [0.717, 1.165) is 23.0 Å². The molecule has 0 saturated heterocycles. The summed E-state index contributed by atoms with van der Waals surface area (Å²) in [5, 5.41) is 3.20. The van der Waals surface area contributed by atoms with Gasteiger partial charge < -0.3 is 9.73 Å². The lowest BCUT2D eigenvalue weighted by molar-refractivity contribution is 0.252. The number of thioether (sulfide) groups is 2. The van der Waals surface area contributed by atoms with Gasteiger partial charge in [0.05, 0.1) is 12.3 Å². The van der Waals surface area contributed by atoms with Crippen LogP contribution in [0, 0.1) is 0 Å². The molecule has 0 fully saturated rings. The number of halogens is 2. The van der Waals surface area contributed by atoms with Gasteiger partial charge in [-0.2, -0.15) is 20.5 Å². The zero-order chi connectivity index (χ0) is 14.4. The second kappa shape index (κ2) is 7.59. The Labute approximate surface area is 125 Å². The lowest BCUT2D eigenvalue weighted by Gasteiger charge is -2.06. The standard InChI is InChI=1S/C14H15F2NOS2/c1-19-9-12-5-4-11(18-12)8-17-10-2-6-13(7-3-10)20-14(15)16/h2-7,14,17H,8-9H2,1H3. The van der Waals surface area contributed by atoms with Crippen molar-refractivity contribution in [2.75, 3.05) is 11.6 Å². The SMILES string of the molecule is CSCc1ccc(CNc2ccc(SC(F)F)cc2)o1. The van der Waals surface area contributed by atoms with Gasteiger partial charge in [-0.25, -0.2) is 0 Å². The van der Waals surface area contributed by atoms with Crippen LogP contribution in [0.3, 0.4) is 0 Å². The molecule has 2 rings (SSSR count). The van der Waals surface area contributed by atoms with Crippen molar-refractivity contribution in [3.63, 3.8) is 0 Å². The van der Waals surface area contributed by atoms with E-state index in [-0.39, 0.29) is 0 Å². The normalized spacial score (nSPS) is 11.0. The third-order valence-corrected chi connectivity index (χ3v) is 3.85. The molecule has 2 nitrogen and oxygen atoms in total. The lowest BCUT2D eigenvalue weighted by atomic mass is 10.3. The van der Waals surface area contributed by atoms with E-state index < -0.39 is 5.76 Å².